The molecule has 19 heavy (non-hydrogen) atoms. The van der Waals surface area contributed by atoms with Crippen LogP contribution in [0.3, 0.4) is 0 Å². The molecule has 0 aliphatic carbocycles. The van der Waals surface area contributed by atoms with Gasteiger partial charge in [-0.15, -0.1) is 11.8 Å². The number of ether oxygens (including phenoxy) is 1. The third kappa shape index (κ3) is 3.77. The molecule has 0 saturated heterocycles. The monoisotopic (exact) mass is 299 g/mol. The molecule has 0 fully saturated rings. The van der Waals surface area contributed by atoms with Crippen molar-refractivity contribution in [2.75, 3.05) is 18.1 Å². The lowest BCUT2D eigenvalue weighted by molar-refractivity contribution is -0.139. The quantitative estimate of drug-likeness (QED) is 0.839. The van der Waals surface area contributed by atoms with Gasteiger partial charge in [-0.05, 0) is 11.5 Å². The number of nitrogens with two attached hydrogens (primary N) is 1. The van der Waals surface area contributed by atoms with E-state index in [1.807, 2.05) is 5.41 Å². The van der Waals surface area contributed by atoms with E-state index in [-0.39, 0.29) is 29.5 Å². The number of aromatic nitrogens is 2. The van der Waals surface area contributed by atoms with E-state index in [0.717, 1.165) is 10.7 Å². The molecule has 2 N–H and O–H groups in total. The zero-order chi connectivity index (χ0) is 13.8. The van der Waals surface area contributed by atoms with Gasteiger partial charge in [-0.25, -0.2) is 4.79 Å². The lowest BCUT2D eigenvalue weighted by Crippen LogP contribution is -2.27. The second-order valence-corrected chi connectivity index (χ2v) is 6.02. The standard InChI is InChI=1S/C11H13N3O3S2/c1-7(15)17-4-8-5-18-6-10(19-8)14-3-2-9(12)13-11(14)16/h2-3,5,10H,4,6H2,1H3,(H2,12,13,16). The van der Waals surface area contributed by atoms with E-state index in [4.69, 9.17) is 10.5 Å². The molecule has 0 amide bonds. The Labute approximate surface area is 118 Å². The van der Waals surface area contributed by atoms with E-state index in [0.29, 0.717) is 0 Å². The van der Waals surface area contributed by atoms with Crippen LogP contribution in [0, 0.1) is 0 Å². The molecule has 1 unspecified atom stereocenters. The van der Waals surface area contributed by atoms with Gasteiger partial charge in [-0.1, -0.05) is 11.8 Å². The fourth-order valence-corrected chi connectivity index (χ4v) is 3.84. The third-order valence-electron chi connectivity index (χ3n) is 2.32. The summed E-state index contributed by atoms with van der Waals surface area (Å²) < 4.78 is 6.49. The molecule has 0 aromatic carbocycles. The molecule has 0 saturated carbocycles. The molecule has 1 aromatic rings. The number of hydrogen-bond acceptors (Lipinski definition) is 7. The Kier molecular flexibility index (Phi) is 4.54. The summed E-state index contributed by atoms with van der Waals surface area (Å²) in [6.07, 6.45) is 1.64. The summed E-state index contributed by atoms with van der Waals surface area (Å²) in [4.78, 5) is 27.2. The van der Waals surface area contributed by atoms with E-state index in [9.17, 15) is 9.59 Å². The van der Waals surface area contributed by atoms with E-state index in [2.05, 4.69) is 4.98 Å². The second kappa shape index (κ2) is 6.16. The van der Waals surface area contributed by atoms with Crippen molar-refractivity contribution in [1.29, 1.82) is 0 Å². The normalized spacial score (nSPS) is 18.8. The zero-order valence-electron chi connectivity index (χ0n) is 10.2. The topological polar surface area (TPSA) is 87.2 Å². The molecular formula is C11H13N3O3S2. The van der Waals surface area contributed by atoms with Crippen LogP contribution in [-0.4, -0.2) is 27.9 Å². The van der Waals surface area contributed by atoms with Gasteiger partial charge >= 0.3 is 11.7 Å². The summed E-state index contributed by atoms with van der Waals surface area (Å²) in [6.45, 7) is 1.60. The predicted octanol–water partition coefficient (Wildman–Crippen LogP) is 1.21. The van der Waals surface area contributed by atoms with E-state index in [1.54, 1.807) is 24.0 Å². The van der Waals surface area contributed by atoms with Gasteiger partial charge in [0.05, 0.1) is 5.37 Å². The highest BCUT2D eigenvalue weighted by Crippen LogP contribution is 2.38. The minimum Gasteiger partial charge on any atom is -0.460 e. The molecule has 1 aliphatic heterocycles. The van der Waals surface area contributed by atoms with Crippen molar-refractivity contribution < 1.29 is 9.53 Å². The molecule has 1 aliphatic rings. The minimum atomic E-state index is -0.369. The van der Waals surface area contributed by atoms with Crippen LogP contribution in [0.5, 0.6) is 0 Å². The summed E-state index contributed by atoms with van der Waals surface area (Å²) in [5, 5.41) is 1.88. The lowest BCUT2D eigenvalue weighted by atomic mass is 10.5. The maximum Gasteiger partial charge on any atom is 0.350 e. The first-order chi connectivity index (χ1) is 9.06. The van der Waals surface area contributed by atoms with Gasteiger partial charge in [0.25, 0.3) is 0 Å². The largest absolute Gasteiger partial charge is 0.460 e. The first-order valence-electron chi connectivity index (χ1n) is 5.51. The smallest absolute Gasteiger partial charge is 0.350 e. The van der Waals surface area contributed by atoms with Crippen molar-refractivity contribution in [2.45, 2.75) is 12.3 Å². The SMILES string of the molecule is CC(=O)OCC1=CSCC(n2ccc(N)nc2=O)S1. The van der Waals surface area contributed by atoms with Crippen molar-refractivity contribution in [3.63, 3.8) is 0 Å². The molecule has 8 heteroatoms. The Morgan fingerprint density at radius 1 is 1.68 bits per heavy atom. The Hall–Kier alpha value is -1.41. The number of thioether (sulfide) groups is 2. The average Bonchev–Trinajstić information content (AvgIpc) is 2.36. The van der Waals surface area contributed by atoms with Crippen molar-refractivity contribution in [3.8, 4) is 0 Å². The number of nitrogens with zero attached hydrogens (tertiary/aromatic N) is 2. The van der Waals surface area contributed by atoms with Crippen LogP contribution in [0.2, 0.25) is 0 Å². The number of carbonyl (C=O) groups is 1. The fourth-order valence-electron chi connectivity index (χ4n) is 1.48. The van der Waals surface area contributed by atoms with Gasteiger partial charge in [0.1, 0.15) is 12.4 Å². The number of carbonyl (C=O) groups excluding carboxylic acids is 1. The van der Waals surface area contributed by atoms with Gasteiger partial charge in [-0.2, -0.15) is 4.98 Å². The maximum absolute atomic E-state index is 11.8. The van der Waals surface area contributed by atoms with Crippen molar-refractivity contribution in [2.24, 2.45) is 0 Å². The van der Waals surface area contributed by atoms with Crippen molar-refractivity contribution >= 4 is 35.3 Å². The molecule has 6 nitrogen and oxygen atoms in total. The van der Waals surface area contributed by atoms with Crippen LogP contribution < -0.4 is 11.4 Å². The summed E-state index contributed by atoms with van der Waals surface area (Å²) in [5.41, 5.74) is 5.09. The summed E-state index contributed by atoms with van der Waals surface area (Å²) in [6, 6.07) is 1.59. The summed E-state index contributed by atoms with van der Waals surface area (Å²) in [7, 11) is 0. The molecular weight excluding hydrogens is 286 g/mol. The molecule has 2 rings (SSSR count). The fraction of sp³-hybridized carbons (Fsp3) is 0.364. The van der Waals surface area contributed by atoms with Gasteiger partial charge in [0.2, 0.25) is 0 Å². The first kappa shape index (κ1) is 14.0. The molecule has 1 atom stereocenters. The maximum atomic E-state index is 11.8. The van der Waals surface area contributed by atoms with Crippen LogP contribution >= 0.6 is 23.5 Å². The molecule has 102 valence electrons. The van der Waals surface area contributed by atoms with Crippen LogP contribution in [0.1, 0.15) is 12.3 Å². The molecule has 2 heterocycles. The summed E-state index contributed by atoms with van der Waals surface area (Å²) in [5.74, 6) is 0.644. The van der Waals surface area contributed by atoms with Crippen LogP contribution in [-0.2, 0) is 9.53 Å². The second-order valence-electron chi connectivity index (χ2n) is 3.81. The number of anilines is 1. The zero-order valence-corrected chi connectivity index (χ0v) is 11.9. The van der Waals surface area contributed by atoms with Crippen LogP contribution in [0.4, 0.5) is 5.82 Å². The predicted molar refractivity (Wildman–Crippen MR) is 76.7 cm³/mol. The highest BCUT2D eigenvalue weighted by Gasteiger charge is 2.20. The Bertz CT molecular complexity index is 571. The first-order valence-corrected chi connectivity index (χ1v) is 7.44. The lowest BCUT2D eigenvalue weighted by Gasteiger charge is -2.23. The Morgan fingerprint density at radius 3 is 3.16 bits per heavy atom. The molecule has 0 spiro atoms. The van der Waals surface area contributed by atoms with E-state index in [1.165, 1.54) is 23.3 Å². The summed E-state index contributed by atoms with van der Waals surface area (Å²) >= 11 is 3.07. The number of rotatable bonds is 3. The highest BCUT2D eigenvalue weighted by atomic mass is 32.2. The molecule has 0 bridgehead atoms. The van der Waals surface area contributed by atoms with E-state index >= 15 is 0 Å². The third-order valence-corrected chi connectivity index (χ3v) is 4.84. The van der Waals surface area contributed by atoms with Crippen molar-refractivity contribution in [1.82, 2.24) is 9.55 Å². The van der Waals surface area contributed by atoms with Gasteiger partial charge in [0, 0.05) is 23.8 Å². The van der Waals surface area contributed by atoms with Crippen LogP contribution in [0.25, 0.3) is 0 Å². The van der Waals surface area contributed by atoms with Crippen LogP contribution in [0.15, 0.2) is 27.4 Å². The minimum absolute atomic E-state index is 0.0684. The molecule has 0 radical (unpaired) electrons. The number of hydrogen-bond donors (Lipinski definition) is 1. The van der Waals surface area contributed by atoms with E-state index < -0.39 is 0 Å². The number of nitrogen functional groups attached to an aromatic ring is 1. The van der Waals surface area contributed by atoms with Crippen molar-refractivity contribution in [3.05, 3.63) is 33.1 Å². The van der Waals surface area contributed by atoms with Gasteiger partial charge in [0.15, 0.2) is 0 Å². The number of esters is 1. The highest BCUT2D eigenvalue weighted by molar-refractivity contribution is 8.09. The molecule has 1 aromatic heterocycles. The Balaban J connectivity index is 2.09. The van der Waals surface area contributed by atoms with Gasteiger partial charge in [-0.3, -0.25) is 9.36 Å². The van der Waals surface area contributed by atoms with Gasteiger partial charge < -0.3 is 10.5 Å². The Morgan fingerprint density at radius 2 is 2.47 bits per heavy atom. The average molecular weight is 299 g/mol.